The molecule has 2 amide bonds. The largest absolute Gasteiger partial charge is 0.348 e. The fourth-order valence-electron chi connectivity index (χ4n) is 3.22. The summed E-state index contributed by atoms with van der Waals surface area (Å²) in [6, 6.07) is 27.5. The Labute approximate surface area is 182 Å². The molecule has 0 heterocycles. The number of hydrogen-bond donors (Lipinski definition) is 2. The van der Waals surface area contributed by atoms with Crippen LogP contribution in [-0.2, 0) is 16.0 Å². The van der Waals surface area contributed by atoms with Crippen molar-refractivity contribution >= 4 is 23.4 Å². The van der Waals surface area contributed by atoms with Crippen LogP contribution in [0.4, 0.5) is 0 Å². The second-order valence-electron chi connectivity index (χ2n) is 7.17. The van der Waals surface area contributed by atoms with Crippen LogP contribution in [0.3, 0.4) is 0 Å². The average molecular weight is 421 g/mol. The van der Waals surface area contributed by atoms with E-state index in [2.05, 4.69) is 10.6 Å². The van der Waals surface area contributed by atoms with Crippen molar-refractivity contribution in [2.75, 3.05) is 0 Å². The highest BCUT2D eigenvalue weighted by Crippen LogP contribution is 2.20. The maximum Gasteiger partial charge on any atom is 0.243 e. The third kappa shape index (κ3) is 5.94. The molecule has 0 saturated heterocycles. The Morgan fingerprint density at radius 3 is 1.80 bits per heavy atom. The van der Waals surface area contributed by atoms with E-state index in [1.54, 1.807) is 12.1 Å². The summed E-state index contributed by atoms with van der Waals surface area (Å²) in [5, 5.41) is 4.97. The lowest BCUT2D eigenvalue weighted by Gasteiger charge is -2.23. The number of nitrogens with one attached hydrogen (secondary N) is 2. The van der Waals surface area contributed by atoms with Gasteiger partial charge >= 0.3 is 0 Å². The molecule has 3 aromatic rings. The van der Waals surface area contributed by atoms with Gasteiger partial charge in [0, 0.05) is 6.42 Å². The molecule has 0 aliphatic heterocycles. The van der Waals surface area contributed by atoms with E-state index in [0.717, 1.165) is 11.1 Å². The van der Waals surface area contributed by atoms with E-state index in [-0.39, 0.29) is 11.9 Å². The van der Waals surface area contributed by atoms with Crippen LogP contribution in [0, 0.1) is 0 Å². The number of alkyl halides is 1. The van der Waals surface area contributed by atoms with Gasteiger partial charge in [-0.15, -0.1) is 11.6 Å². The molecule has 3 rings (SSSR count). The Balaban J connectivity index is 1.74. The lowest BCUT2D eigenvalue weighted by Crippen LogP contribution is -2.49. The Hall–Kier alpha value is -3.11. The van der Waals surface area contributed by atoms with Crippen LogP contribution < -0.4 is 10.6 Å². The molecule has 3 atom stereocenters. The first-order chi connectivity index (χ1) is 14.5. The summed E-state index contributed by atoms with van der Waals surface area (Å²) in [6.07, 6.45) is 0.373. The van der Waals surface area contributed by atoms with Gasteiger partial charge in [-0.05, 0) is 23.6 Å². The molecule has 0 bridgehead atoms. The highest BCUT2D eigenvalue weighted by atomic mass is 35.5. The van der Waals surface area contributed by atoms with E-state index < -0.39 is 17.3 Å². The minimum atomic E-state index is -0.871. The summed E-state index contributed by atoms with van der Waals surface area (Å²) in [6.45, 7) is 1.92. The maximum atomic E-state index is 13.1. The lowest BCUT2D eigenvalue weighted by molar-refractivity contribution is -0.129. The number of amides is 2. The molecule has 30 heavy (non-hydrogen) atoms. The molecular weight excluding hydrogens is 396 g/mol. The molecule has 0 aliphatic carbocycles. The number of carbonyl (C=O) groups excluding carboxylic acids is 2. The summed E-state index contributed by atoms with van der Waals surface area (Å²) < 4.78 is 0. The first kappa shape index (κ1) is 21.6. The first-order valence-electron chi connectivity index (χ1n) is 9.93. The molecule has 0 saturated carbocycles. The zero-order chi connectivity index (χ0) is 21.3. The summed E-state index contributed by atoms with van der Waals surface area (Å²) in [4.78, 5) is 25.8. The molecule has 0 radical (unpaired) electrons. The molecule has 3 unspecified atom stereocenters. The van der Waals surface area contributed by atoms with Gasteiger partial charge in [-0.25, -0.2) is 0 Å². The van der Waals surface area contributed by atoms with Crippen molar-refractivity contribution in [2.45, 2.75) is 30.8 Å². The van der Waals surface area contributed by atoms with Gasteiger partial charge in [0.2, 0.25) is 11.8 Å². The minimum absolute atomic E-state index is 0.185. The van der Waals surface area contributed by atoms with Crippen molar-refractivity contribution in [1.82, 2.24) is 10.6 Å². The second kappa shape index (κ2) is 10.6. The van der Waals surface area contributed by atoms with Gasteiger partial charge in [0.05, 0.1) is 6.04 Å². The van der Waals surface area contributed by atoms with Crippen LogP contribution in [0.25, 0.3) is 0 Å². The van der Waals surface area contributed by atoms with Crippen molar-refractivity contribution in [1.29, 1.82) is 0 Å². The van der Waals surface area contributed by atoms with Gasteiger partial charge in [-0.3, -0.25) is 9.59 Å². The lowest BCUT2D eigenvalue weighted by atomic mass is 10.0. The van der Waals surface area contributed by atoms with Crippen molar-refractivity contribution in [2.24, 2.45) is 0 Å². The molecule has 0 aromatic heterocycles. The van der Waals surface area contributed by atoms with Gasteiger partial charge in [0.25, 0.3) is 0 Å². The van der Waals surface area contributed by atoms with Crippen molar-refractivity contribution in [3.8, 4) is 0 Å². The van der Waals surface area contributed by atoms with Crippen LogP contribution in [0.1, 0.15) is 35.0 Å². The monoisotopic (exact) mass is 420 g/mol. The predicted molar refractivity (Wildman–Crippen MR) is 120 cm³/mol. The van der Waals surface area contributed by atoms with Crippen LogP contribution >= 0.6 is 11.6 Å². The highest BCUT2D eigenvalue weighted by molar-refractivity contribution is 6.30. The quantitative estimate of drug-likeness (QED) is 0.524. The number of benzene rings is 3. The third-order valence-corrected chi connectivity index (χ3v) is 5.35. The normalized spacial score (nSPS) is 13.7. The minimum Gasteiger partial charge on any atom is -0.348 e. The fourth-order valence-corrected chi connectivity index (χ4v) is 3.42. The molecule has 154 valence electrons. The molecular formula is C25H25ClN2O2. The highest BCUT2D eigenvalue weighted by Gasteiger charge is 2.26. The van der Waals surface area contributed by atoms with Gasteiger partial charge in [-0.1, -0.05) is 91.0 Å². The van der Waals surface area contributed by atoms with Crippen molar-refractivity contribution < 1.29 is 9.59 Å². The van der Waals surface area contributed by atoms with E-state index in [9.17, 15) is 9.59 Å². The number of hydrogen-bond acceptors (Lipinski definition) is 2. The summed E-state index contributed by atoms with van der Waals surface area (Å²) in [5.41, 5.74) is 2.64. The summed E-state index contributed by atoms with van der Waals surface area (Å²) in [7, 11) is 0. The topological polar surface area (TPSA) is 58.2 Å². The molecule has 5 heteroatoms. The Kier molecular flexibility index (Phi) is 7.63. The second-order valence-corrected chi connectivity index (χ2v) is 7.60. The Bertz CT molecular complexity index is 949. The predicted octanol–water partition coefficient (Wildman–Crippen LogP) is 4.57. The van der Waals surface area contributed by atoms with E-state index in [0.29, 0.717) is 12.0 Å². The van der Waals surface area contributed by atoms with Crippen LogP contribution in [0.2, 0.25) is 0 Å². The zero-order valence-corrected chi connectivity index (χ0v) is 17.5. The Morgan fingerprint density at radius 2 is 1.23 bits per heavy atom. The van der Waals surface area contributed by atoms with Gasteiger partial charge in [0.15, 0.2) is 0 Å². The van der Waals surface area contributed by atoms with Gasteiger partial charge < -0.3 is 10.6 Å². The maximum absolute atomic E-state index is 13.1. The van der Waals surface area contributed by atoms with Crippen LogP contribution in [0.15, 0.2) is 91.0 Å². The molecule has 3 aromatic carbocycles. The van der Waals surface area contributed by atoms with E-state index in [1.807, 2.05) is 85.8 Å². The number of halogens is 1. The molecule has 4 nitrogen and oxygen atoms in total. The molecule has 0 fully saturated rings. The van der Waals surface area contributed by atoms with E-state index >= 15 is 0 Å². The van der Waals surface area contributed by atoms with Gasteiger partial charge in [-0.2, -0.15) is 0 Å². The average Bonchev–Trinajstić information content (AvgIpc) is 2.79. The van der Waals surface area contributed by atoms with E-state index in [4.69, 9.17) is 11.6 Å². The van der Waals surface area contributed by atoms with Crippen LogP contribution in [0.5, 0.6) is 0 Å². The van der Waals surface area contributed by atoms with Crippen molar-refractivity contribution in [3.05, 3.63) is 108 Å². The number of rotatable bonds is 8. The molecule has 0 spiro atoms. The van der Waals surface area contributed by atoms with E-state index in [1.165, 1.54) is 0 Å². The third-order valence-electron chi connectivity index (χ3n) is 4.90. The SMILES string of the molecule is CC(NC(=O)C(Cc1ccccc1)NC(=O)C(Cl)c1ccccc1)c1ccccc1. The molecule has 0 aliphatic rings. The smallest absolute Gasteiger partial charge is 0.243 e. The fraction of sp³-hybridized carbons (Fsp3) is 0.200. The van der Waals surface area contributed by atoms with Crippen LogP contribution in [-0.4, -0.2) is 17.9 Å². The Morgan fingerprint density at radius 1 is 0.733 bits per heavy atom. The first-order valence-corrected chi connectivity index (χ1v) is 10.4. The summed E-state index contributed by atoms with van der Waals surface area (Å²) in [5.74, 6) is -0.646. The van der Waals surface area contributed by atoms with Gasteiger partial charge in [0.1, 0.15) is 11.4 Å². The molecule has 2 N–H and O–H groups in total. The standard InChI is InChI=1S/C25H25ClN2O2/c1-18(20-13-7-3-8-14-20)27-24(29)22(17-19-11-5-2-6-12-19)28-25(30)23(26)21-15-9-4-10-16-21/h2-16,18,22-23H,17H2,1H3,(H,27,29)(H,28,30). The summed E-state index contributed by atoms with van der Waals surface area (Å²) >= 11 is 6.37. The van der Waals surface area contributed by atoms with Crippen molar-refractivity contribution in [3.63, 3.8) is 0 Å². The zero-order valence-electron chi connectivity index (χ0n) is 16.8. The number of carbonyl (C=O) groups is 2.